The van der Waals surface area contributed by atoms with Crippen molar-refractivity contribution < 1.29 is 0 Å². The maximum Gasteiger partial charge on any atom is 0.161 e. The zero-order chi connectivity index (χ0) is 11.8. The molecule has 0 aliphatic carbocycles. The van der Waals surface area contributed by atoms with Crippen molar-refractivity contribution in [3.8, 4) is 11.4 Å². The van der Waals surface area contributed by atoms with E-state index in [1.807, 2.05) is 44.2 Å². The number of aryl methyl sites for hydroxylation is 2. The second-order valence-corrected chi connectivity index (χ2v) is 4.21. The van der Waals surface area contributed by atoms with Gasteiger partial charge in [-0.05, 0) is 19.9 Å². The lowest BCUT2D eigenvalue weighted by molar-refractivity contribution is 1.14. The quantitative estimate of drug-likeness (QED) is 0.688. The van der Waals surface area contributed by atoms with Crippen molar-refractivity contribution in [2.75, 3.05) is 0 Å². The van der Waals surface area contributed by atoms with E-state index >= 15 is 0 Å². The van der Waals surface area contributed by atoms with E-state index in [0.717, 1.165) is 33.8 Å². The summed E-state index contributed by atoms with van der Waals surface area (Å²) in [7, 11) is 0. The van der Waals surface area contributed by atoms with Gasteiger partial charge in [0.05, 0.1) is 5.69 Å². The van der Waals surface area contributed by atoms with E-state index in [1.165, 1.54) is 0 Å². The lowest BCUT2D eigenvalue weighted by Crippen LogP contribution is -1.92. The van der Waals surface area contributed by atoms with Crippen LogP contribution in [0.5, 0.6) is 0 Å². The van der Waals surface area contributed by atoms with Gasteiger partial charge in [0.25, 0.3) is 0 Å². The molecule has 3 nitrogen and oxygen atoms in total. The van der Waals surface area contributed by atoms with Crippen LogP contribution in [0.3, 0.4) is 0 Å². The van der Waals surface area contributed by atoms with Gasteiger partial charge in [-0.3, -0.25) is 0 Å². The van der Waals surface area contributed by atoms with Crippen LogP contribution in [0.15, 0.2) is 36.4 Å². The van der Waals surface area contributed by atoms with Crippen LogP contribution < -0.4 is 0 Å². The van der Waals surface area contributed by atoms with Crippen LogP contribution in [0.4, 0.5) is 0 Å². The Morgan fingerprint density at radius 3 is 2.53 bits per heavy atom. The van der Waals surface area contributed by atoms with Crippen molar-refractivity contribution >= 4 is 11.0 Å². The summed E-state index contributed by atoms with van der Waals surface area (Å²) in [5, 5.41) is 1.10. The van der Waals surface area contributed by atoms with Crippen molar-refractivity contribution in [2.45, 2.75) is 13.8 Å². The molecule has 2 aromatic heterocycles. The van der Waals surface area contributed by atoms with Gasteiger partial charge >= 0.3 is 0 Å². The summed E-state index contributed by atoms with van der Waals surface area (Å²) < 4.78 is 0. The molecule has 0 spiro atoms. The van der Waals surface area contributed by atoms with Crippen LogP contribution >= 0.6 is 0 Å². The molecule has 3 heteroatoms. The van der Waals surface area contributed by atoms with Crippen molar-refractivity contribution in [2.24, 2.45) is 0 Å². The average Bonchev–Trinajstić information content (AvgIpc) is 2.71. The van der Waals surface area contributed by atoms with Crippen LogP contribution in [0.25, 0.3) is 22.4 Å². The number of nitrogens with zero attached hydrogens (tertiary/aromatic N) is 2. The van der Waals surface area contributed by atoms with E-state index in [-0.39, 0.29) is 0 Å². The van der Waals surface area contributed by atoms with E-state index in [9.17, 15) is 0 Å². The smallest absolute Gasteiger partial charge is 0.161 e. The molecule has 0 aliphatic heterocycles. The van der Waals surface area contributed by atoms with Crippen LogP contribution in [0.2, 0.25) is 0 Å². The number of hydrogen-bond donors (Lipinski definition) is 1. The molecule has 0 radical (unpaired) electrons. The van der Waals surface area contributed by atoms with Crippen LogP contribution in [-0.2, 0) is 0 Å². The molecule has 0 fully saturated rings. The van der Waals surface area contributed by atoms with E-state index < -0.39 is 0 Å². The molecular weight excluding hydrogens is 210 g/mol. The number of H-pyrrole nitrogens is 1. The molecule has 2 heterocycles. The maximum atomic E-state index is 4.56. The highest BCUT2D eigenvalue weighted by atomic mass is 15.0. The van der Waals surface area contributed by atoms with Crippen LogP contribution in [-0.4, -0.2) is 15.0 Å². The van der Waals surface area contributed by atoms with Gasteiger partial charge in [0.2, 0.25) is 0 Å². The lowest BCUT2D eigenvalue weighted by Gasteiger charge is -2.02. The van der Waals surface area contributed by atoms with Crippen molar-refractivity contribution in [3.63, 3.8) is 0 Å². The summed E-state index contributed by atoms with van der Waals surface area (Å²) in [6.07, 6.45) is 0. The third-order valence-electron chi connectivity index (χ3n) is 2.84. The number of hydrogen-bond acceptors (Lipinski definition) is 2. The Morgan fingerprint density at radius 1 is 1.00 bits per heavy atom. The molecule has 1 N–H and O–H groups in total. The fraction of sp³-hybridized carbons (Fsp3) is 0.143. The van der Waals surface area contributed by atoms with Gasteiger partial charge in [0.15, 0.2) is 5.82 Å². The summed E-state index contributed by atoms with van der Waals surface area (Å²) in [5.74, 6) is 0.775. The highest BCUT2D eigenvalue weighted by Gasteiger charge is 2.07. The molecule has 17 heavy (non-hydrogen) atoms. The molecule has 84 valence electrons. The summed E-state index contributed by atoms with van der Waals surface area (Å²) in [6.45, 7) is 4.05. The molecule has 0 bridgehead atoms. The average molecular weight is 223 g/mol. The zero-order valence-electron chi connectivity index (χ0n) is 9.86. The number of benzene rings is 1. The standard InChI is InChI=1S/C14H13N3/c1-9-8-12-10(2)16-13(17-14(12)15-9)11-6-4-3-5-7-11/h3-8H,1-2H3,(H,15,16,17). The van der Waals surface area contributed by atoms with E-state index in [1.54, 1.807) is 0 Å². The third kappa shape index (κ3) is 1.69. The van der Waals surface area contributed by atoms with Crippen molar-refractivity contribution in [1.82, 2.24) is 15.0 Å². The Kier molecular flexibility index (Phi) is 2.18. The number of aromatic nitrogens is 3. The summed E-state index contributed by atoms with van der Waals surface area (Å²) in [4.78, 5) is 12.4. The molecule has 0 atom stereocenters. The van der Waals surface area contributed by atoms with Gasteiger partial charge in [-0.25, -0.2) is 9.97 Å². The first-order valence-electron chi connectivity index (χ1n) is 5.63. The first-order chi connectivity index (χ1) is 8.24. The fourth-order valence-electron chi connectivity index (χ4n) is 2.01. The topological polar surface area (TPSA) is 41.6 Å². The Morgan fingerprint density at radius 2 is 1.76 bits per heavy atom. The Bertz CT molecular complexity index is 669. The normalized spacial score (nSPS) is 10.9. The highest BCUT2D eigenvalue weighted by molar-refractivity contribution is 5.80. The van der Waals surface area contributed by atoms with E-state index in [4.69, 9.17) is 0 Å². The Hall–Kier alpha value is -2.16. The lowest BCUT2D eigenvalue weighted by atomic mass is 10.2. The van der Waals surface area contributed by atoms with E-state index in [2.05, 4.69) is 21.0 Å². The summed E-state index contributed by atoms with van der Waals surface area (Å²) in [5.41, 5.74) is 4.08. The predicted molar refractivity (Wildman–Crippen MR) is 68.8 cm³/mol. The van der Waals surface area contributed by atoms with Gasteiger partial charge in [-0.2, -0.15) is 0 Å². The number of fused-ring (bicyclic) bond motifs is 1. The minimum absolute atomic E-state index is 0.775. The first-order valence-corrected chi connectivity index (χ1v) is 5.63. The van der Waals surface area contributed by atoms with E-state index in [0.29, 0.717) is 0 Å². The van der Waals surface area contributed by atoms with Gasteiger partial charge in [-0.15, -0.1) is 0 Å². The molecule has 0 saturated heterocycles. The van der Waals surface area contributed by atoms with Gasteiger partial charge < -0.3 is 4.98 Å². The Balaban J connectivity index is 2.25. The minimum Gasteiger partial charge on any atom is -0.343 e. The molecule has 0 amide bonds. The number of rotatable bonds is 1. The predicted octanol–water partition coefficient (Wildman–Crippen LogP) is 3.24. The zero-order valence-corrected chi connectivity index (χ0v) is 9.86. The fourth-order valence-corrected chi connectivity index (χ4v) is 2.01. The minimum atomic E-state index is 0.775. The monoisotopic (exact) mass is 223 g/mol. The van der Waals surface area contributed by atoms with Gasteiger partial charge in [0.1, 0.15) is 5.65 Å². The van der Waals surface area contributed by atoms with Gasteiger partial charge in [-0.1, -0.05) is 30.3 Å². The molecule has 0 unspecified atom stereocenters. The molecule has 3 aromatic rings. The first kappa shape index (κ1) is 10.0. The van der Waals surface area contributed by atoms with Gasteiger partial charge in [0, 0.05) is 16.6 Å². The SMILES string of the molecule is Cc1cc2c(C)nc(-c3ccccc3)nc2[nH]1. The van der Waals surface area contributed by atoms with Crippen molar-refractivity contribution in [3.05, 3.63) is 47.8 Å². The Labute approximate surface area is 99.5 Å². The summed E-state index contributed by atoms with van der Waals surface area (Å²) in [6, 6.07) is 12.1. The molecule has 3 rings (SSSR count). The largest absolute Gasteiger partial charge is 0.343 e. The highest BCUT2D eigenvalue weighted by Crippen LogP contribution is 2.21. The molecule has 1 aromatic carbocycles. The second kappa shape index (κ2) is 3.70. The molecule has 0 aliphatic rings. The summed E-state index contributed by atoms with van der Waals surface area (Å²) >= 11 is 0. The number of nitrogens with one attached hydrogen (secondary N) is 1. The molecule has 0 saturated carbocycles. The van der Waals surface area contributed by atoms with Crippen molar-refractivity contribution in [1.29, 1.82) is 0 Å². The van der Waals surface area contributed by atoms with Crippen LogP contribution in [0, 0.1) is 13.8 Å². The second-order valence-electron chi connectivity index (χ2n) is 4.21. The van der Waals surface area contributed by atoms with Crippen LogP contribution in [0.1, 0.15) is 11.4 Å². The number of aromatic amines is 1. The maximum absolute atomic E-state index is 4.56. The third-order valence-corrected chi connectivity index (χ3v) is 2.84. The molecular formula is C14H13N3.